The fraction of sp³-hybridized carbons (Fsp3) is 0.385. The summed E-state index contributed by atoms with van der Waals surface area (Å²) >= 11 is 0. The molecule has 0 bridgehead atoms. The Morgan fingerprint density at radius 3 is 2.56 bits per heavy atom. The molecule has 2 aromatic rings. The average molecular weight is 216 g/mol. The van der Waals surface area contributed by atoms with Crippen molar-refractivity contribution in [2.75, 3.05) is 0 Å². The molecule has 3 heteroatoms. The summed E-state index contributed by atoms with van der Waals surface area (Å²) in [6, 6.07) is 5.75. The minimum Gasteiger partial charge on any atom is -0.293 e. The minimum absolute atomic E-state index is 0.0289. The molecule has 3 nitrogen and oxygen atoms in total. The van der Waals surface area contributed by atoms with Crippen LogP contribution in [-0.2, 0) is 5.54 Å². The molecule has 84 valence electrons. The smallest absolute Gasteiger partial charge is 0.261 e. The third-order valence-corrected chi connectivity index (χ3v) is 2.64. The van der Waals surface area contributed by atoms with Crippen molar-refractivity contribution in [3.63, 3.8) is 0 Å². The molecule has 1 aromatic carbocycles. The molecule has 0 radical (unpaired) electrons. The predicted molar refractivity (Wildman–Crippen MR) is 65.7 cm³/mol. The summed E-state index contributed by atoms with van der Waals surface area (Å²) in [5.41, 5.74) is 1.64. The number of benzene rings is 1. The van der Waals surface area contributed by atoms with E-state index in [2.05, 4.69) is 4.98 Å². The molecule has 0 aliphatic heterocycles. The van der Waals surface area contributed by atoms with Gasteiger partial charge in [0.15, 0.2) is 0 Å². The first-order chi connectivity index (χ1) is 7.39. The van der Waals surface area contributed by atoms with Crippen molar-refractivity contribution in [1.29, 1.82) is 0 Å². The number of hydrogen-bond donors (Lipinski definition) is 0. The lowest BCUT2D eigenvalue weighted by Gasteiger charge is -2.21. The lowest BCUT2D eigenvalue weighted by atomic mass is 10.1. The fourth-order valence-corrected chi connectivity index (χ4v) is 1.71. The van der Waals surface area contributed by atoms with Gasteiger partial charge in [-0.1, -0.05) is 11.6 Å². The molecule has 0 atom stereocenters. The average Bonchev–Trinajstić information content (AvgIpc) is 2.17. The molecule has 0 unspecified atom stereocenters. The van der Waals surface area contributed by atoms with Gasteiger partial charge >= 0.3 is 0 Å². The molecule has 2 rings (SSSR count). The molecule has 16 heavy (non-hydrogen) atoms. The number of hydrogen-bond acceptors (Lipinski definition) is 2. The molecule has 0 amide bonds. The quantitative estimate of drug-likeness (QED) is 0.678. The van der Waals surface area contributed by atoms with Gasteiger partial charge in [-0.15, -0.1) is 0 Å². The van der Waals surface area contributed by atoms with Gasteiger partial charge in [-0.2, -0.15) is 0 Å². The first-order valence-electron chi connectivity index (χ1n) is 5.38. The zero-order valence-electron chi connectivity index (χ0n) is 10.1. The van der Waals surface area contributed by atoms with Gasteiger partial charge in [0, 0.05) is 5.54 Å². The number of aryl methyl sites for hydroxylation is 1. The zero-order valence-corrected chi connectivity index (χ0v) is 10.1. The summed E-state index contributed by atoms with van der Waals surface area (Å²) in [7, 11) is 0. The fourth-order valence-electron chi connectivity index (χ4n) is 1.71. The monoisotopic (exact) mass is 216 g/mol. The Labute approximate surface area is 94.7 Å². The molecular formula is C13H16N2O. The van der Waals surface area contributed by atoms with Crippen molar-refractivity contribution in [1.82, 2.24) is 9.55 Å². The van der Waals surface area contributed by atoms with E-state index in [-0.39, 0.29) is 11.1 Å². The van der Waals surface area contributed by atoms with E-state index in [1.807, 2.05) is 45.9 Å². The first-order valence-corrected chi connectivity index (χ1v) is 5.38. The van der Waals surface area contributed by atoms with E-state index < -0.39 is 0 Å². The van der Waals surface area contributed by atoms with Gasteiger partial charge in [-0.05, 0) is 39.8 Å². The van der Waals surface area contributed by atoms with E-state index in [9.17, 15) is 4.79 Å². The Hall–Kier alpha value is -1.64. The van der Waals surface area contributed by atoms with Crippen LogP contribution in [0.1, 0.15) is 26.3 Å². The molecule has 0 aliphatic rings. The largest absolute Gasteiger partial charge is 0.293 e. The van der Waals surface area contributed by atoms with Crippen LogP contribution >= 0.6 is 0 Å². The van der Waals surface area contributed by atoms with Crippen LogP contribution in [0.15, 0.2) is 29.3 Å². The van der Waals surface area contributed by atoms with E-state index in [0.29, 0.717) is 5.39 Å². The number of fused-ring (bicyclic) bond motifs is 1. The van der Waals surface area contributed by atoms with E-state index in [1.54, 1.807) is 10.9 Å². The highest BCUT2D eigenvalue weighted by atomic mass is 16.1. The van der Waals surface area contributed by atoms with Crippen LogP contribution in [0, 0.1) is 6.92 Å². The van der Waals surface area contributed by atoms with Crippen molar-refractivity contribution < 1.29 is 0 Å². The van der Waals surface area contributed by atoms with Crippen molar-refractivity contribution in [3.05, 3.63) is 40.4 Å². The Kier molecular flexibility index (Phi) is 2.34. The third-order valence-electron chi connectivity index (χ3n) is 2.64. The molecular weight excluding hydrogens is 200 g/mol. The minimum atomic E-state index is -0.234. The molecule has 0 aliphatic carbocycles. The molecule has 0 N–H and O–H groups in total. The topological polar surface area (TPSA) is 34.9 Å². The zero-order chi connectivity index (χ0) is 11.9. The molecule has 1 heterocycles. The highest BCUT2D eigenvalue weighted by molar-refractivity contribution is 5.77. The second-order valence-corrected chi connectivity index (χ2v) is 5.11. The van der Waals surface area contributed by atoms with Crippen LogP contribution in [0.3, 0.4) is 0 Å². The van der Waals surface area contributed by atoms with Gasteiger partial charge in [0.2, 0.25) is 0 Å². The van der Waals surface area contributed by atoms with E-state index >= 15 is 0 Å². The Bertz CT molecular complexity index is 591. The van der Waals surface area contributed by atoms with Crippen molar-refractivity contribution in [2.24, 2.45) is 0 Å². The normalized spacial score (nSPS) is 12.0. The van der Waals surface area contributed by atoms with E-state index in [4.69, 9.17) is 0 Å². The van der Waals surface area contributed by atoms with Crippen molar-refractivity contribution in [3.8, 4) is 0 Å². The second-order valence-electron chi connectivity index (χ2n) is 5.11. The van der Waals surface area contributed by atoms with Gasteiger partial charge in [0.05, 0.1) is 17.2 Å². The van der Waals surface area contributed by atoms with Crippen LogP contribution < -0.4 is 5.56 Å². The van der Waals surface area contributed by atoms with Crippen LogP contribution in [-0.4, -0.2) is 9.55 Å². The highest BCUT2D eigenvalue weighted by Gasteiger charge is 2.16. The summed E-state index contributed by atoms with van der Waals surface area (Å²) in [6.45, 7) is 7.97. The third kappa shape index (κ3) is 1.73. The summed E-state index contributed by atoms with van der Waals surface area (Å²) < 4.78 is 1.68. The van der Waals surface area contributed by atoms with Gasteiger partial charge < -0.3 is 0 Å². The number of aromatic nitrogens is 2. The SMILES string of the molecule is Cc1ccc2ncn(C(C)(C)C)c(=O)c2c1. The maximum atomic E-state index is 12.3. The van der Waals surface area contributed by atoms with Gasteiger partial charge in [0.25, 0.3) is 5.56 Å². The Morgan fingerprint density at radius 1 is 1.25 bits per heavy atom. The van der Waals surface area contributed by atoms with Gasteiger partial charge in [0.1, 0.15) is 0 Å². The van der Waals surface area contributed by atoms with E-state index in [0.717, 1.165) is 11.1 Å². The summed E-state index contributed by atoms with van der Waals surface area (Å²) in [5.74, 6) is 0. The lowest BCUT2D eigenvalue weighted by Crippen LogP contribution is -2.33. The van der Waals surface area contributed by atoms with Crippen LogP contribution in [0.4, 0.5) is 0 Å². The molecule has 0 fully saturated rings. The Morgan fingerprint density at radius 2 is 1.94 bits per heavy atom. The van der Waals surface area contributed by atoms with Gasteiger partial charge in [-0.3, -0.25) is 9.36 Å². The summed E-state index contributed by atoms with van der Waals surface area (Å²) in [6.07, 6.45) is 1.62. The molecule has 1 aromatic heterocycles. The van der Waals surface area contributed by atoms with E-state index in [1.165, 1.54) is 0 Å². The summed E-state index contributed by atoms with van der Waals surface area (Å²) in [4.78, 5) is 16.6. The van der Waals surface area contributed by atoms with Gasteiger partial charge in [-0.25, -0.2) is 4.98 Å². The standard InChI is InChI=1S/C13H16N2O/c1-9-5-6-11-10(7-9)12(16)15(8-14-11)13(2,3)4/h5-8H,1-4H3. The first kappa shape index (κ1) is 10.9. The van der Waals surface area contributed by atoms with Crippen molar-refractivity contribution >= 4 is 10.9 Å². The van der Waals surface area contributed by atoms with Crippen LogP contribution in [0.5, 0.6) is 0 Å². The molecule has 0 saturated heterocycles. The predicted octanol–water partition coefficient (Wildman–Crippen LogP) is 2.46. The van der Waals surface area contributed by atoms with Crippen molar-refractivity contribution in [2.45, 2.75) is 33.2 Å². The second kappa shape index (κ2) is 3.44. The van der Waals surface area contributed by atoms with Crippen LogP contribution in [0.2, 0.25) is 0 Å². The number of rotatable bonds is 0. The molecule has 0 spiro atoms. The maximum absolute atomic E-state index is 12.3. The molecule has 0 saturated carbocycles. The summed E-state index contributed by atoms with van der Waals surface area (Å²) in [5, 5.41) is 0.692. The highest BCUT2D eigenvalue weighted by Crippen LogP contribution is 2.14. The maximum Gasteiger partial charge on any atom is 0.261 e. The lowest BCUT2D eigenvalue weighted by molar-refractivity contribution is 0.382. The number of nitrogens with zero attached hydrogens (tertiary/aromatic N) is 2. The van der Waals surface area contributed by atoms with Crippen LogP contribution in [0.25, 0.3) is 10.9 Å². The Balaban J connectivity index is 2.84.